The number of aromatic nitrogens is 1. The van der Waals surface area contributed by atoms with Crippen LogP contribution in [-0.4, -0.2) is 55.3 Å². The van der Waals surface area contributed by atoms with Crippen molar-refractivity contribution >= 4 is 11.7 Å². The van der Waals surface area contributed by atoms with E-state index in [1.165, 1.54) is 0 Å². The Bertz CT molecular complexity index is 761. The summed E-state index contributed by atoms with van der Waals surface area (Å²) >= 11 is 0. The molecule has 1 fully saturated rings. The van der Waals surface area contributed by atoms with Crippen LogP contribution in [0, 0.1) is 0 Å². The minimum Gasteiger partial charge on any atom is -0.486 e. The maximum absolute atomic E-state index is 12.4. The highest BCUT2D eigenvalue weighted by atomic mass is 16.6. The molecule has 136 valence electrons. The van der Waals surface area contributed by atoms with E-state index in [2.05, 4.69) is 15.2 Å². The smallest absolute Gasteiger partial charge is 0.317 e. The quantitative estimate of drug-likeness (QED) is 0.912. The van der Waals surface area contributed by atoms with Crippen molar-refractivity contribution in [1.29, 1.82) is 0 Å². The van der Waals surface area contributed by atoms with Crippen LogP contribution in [0.15, 0.2) is 42.7 Å². The Kier molecular flexibility index (Phi) is 4.77. The highest BCUT2D eigenvalue weighted by Crippen LogP contribution is 2.34. The lowest BCUT2D eigenvalue weighted by Gasteiger charge is -2.36. The molecule has 2 aliphatic heterocycles. The number of piperazine rings is 1. The van der Waals surface area contributed by atoms with Crippen molar-refractivity contribution in [3.8, 4) is 11.5 Å². The molecular weight excluding hydrogens is 332 g/mol. The molecule has 26 heavy (non-hydrogen) atoms. The molecule has 0 radical (unpaired) electrons. The van der Waals surface area contributed by atoms with E-state index >= 15 is 0 Å². The van der Waals surface area contributed by atoms with Gasteiger partial charge in [-0.25, -0.2) is 4.79 Å². The number of pyridine rings is 1. The van der Waals surface area contributed by atoms with E-state index in [0.717, 1.165) is 35.8 Å². The number of ether oxygens (including phenoxy) is 2. The van der Waals surface area contributed by atoms with Gasteiger partial charge in [-0.2, -0.15) is 0 Å². The van der Waals surface area contributed by atoms with Crippen LogP contribution in [0.1, 0.15) is 5.56 Å². The number of anilines is 1. The van der Waals surface area contributed by atoms with Crippen molar-refractivity contribution in [3.05, 3.63) is 48.3 Å². The molecule has 2 aliphatic rings. The van der Waals surface area contributed by atoms with E-state index in [4.69, 9.17) is 9.47 Å². The molecule has 2 amide bonds. The molecule has 0 spiro atoms. The van der Waals surface area contributed by atoms with Crippen LogP contribution >= 0.6 is 0 Å². The van der Waals surface area contributed by atoms with Gasteiger partial charge in [-0.05, 0) is 29.8 Å². The number of carbonyl (C=O) groups excluding carboxylic acids is 1. The molecule has 0 unspecified atom stereocenters. The average Bonchev–Trinajstić information content (AvgIpc) is 2.72. The van der Waals surface area contributed by atoms with Gasteiger partial charge in [-0.15, -0.1) is 0 Å². The summed E-state index contributed by atoms with van der Waals surface area (Å²) in [5, 5.41) is 2.97. The fourth-order valence-electron chi connectivity index (χ4n) is 3.19. The normalized spacial score (nSPS) is 16.3. The van der Waals surface area contributed by atoms with Crippen molar-refractivity contribution in [2.75, 3.05) is 44.3 Å². The number of fused-ring (bicyclic) bond motifs is 1. The Morgan fingerprint density at radius 1 is 1.00 bits per heavy atom. The summed E-state index contributed by atoms with van der Waals surface area (Å²) in [5.41, 5.74) is 2.15. The first-order valence-corrected chi connectivity index (χ1v) is 8.86. The van der Waals surface area contributed by atoms with Crippen LogP contribution in [-0.2, 0) is 6.54 Å². The lowest BCUT2D eigenvalue weighted by molar-refractivity contribution is 0.171. The minimum absolute atomic E-state index is 0.0244. The Morgan fingerprint density at radius 2 is 1.73 bits per heavy atom. The lowest BCUT2D eigenvalue weighted by Crippen LogP contribution is -2.51. The predicted octanol–water partition coefficient (Wildman–Crippen LogP) is 1.88. The maximum atomic E-state index is 12.4. The molecule has 4 rings (SSSR count). The number of urea groups is 1. The standard InChI is InChI=1S/C19H22N4O3/c24-19(21-14-15-3-5-20-6-4-15)23-9-7-22(8-10-23)16-1-2-17-18(13-16)26-12-11-25-17/h1-6,13H,7-12,14H2,(H,21,24). The second-order valence-corrected chi connectivity index (χ2v) is 6.32. The Labute approximate surface area is 152 Å². The fraction of sp³-hybridized carbons (Fsp3) is 0.368. The van der Waals surface area contributed by atoms with Gasteiger partial charge in [-0.1, -0.05) is 0 Å². The van der Waals surface area contributed by atoms with Gasteiger partial charge in [0.15, 0.2) is 11.5 Å². The van der Waals surface area contributed by atoms with Crippen molar-refractivity contribution < 1.29 is 14.3 Å². The summed E-state index contributed by atoms with van der Waals surface area (Å²) in [6.45, 7) is 4.67. The highest BCUT2D eigenvalue weighted by Gasteiger charge is 2.22. The lowest BCUT2D eigenvalue weighted by atomic mass is 10.2. The molecule has 1 N–H and O–H groups in total. The molecule has 0 saturated carbocycles. The highest BCUT2D eigenvalue weighted by molar-refractivity contribution is 5.74. The number of nitrogens with one attached hydrogen (secondary N) is 1. The van der Waals surface area contributed by atoms with E-state index in [1.54, 1.807) is 12.4 Å². The van der Waals surface area contributed by atoms with Gasteiger partial charge in [0.1, 0.15) is 13.2 Å². The zero-order valence-electron chi connectivity index (χ0n) is 14.6. The zero-order chi connectivity index (χ0) is 17.8. The number of nitrogens with zero attached hydrogens (tertiary/aromatic N) is 3. The molecule has 1 saturated heterocycles. The molecule has 0 atom stereocenters. The zero-order valence-corrected chi connectivity index (χ0v) is 14.6. The summed E-state index contributed by atoms with van der Waals surface area (Å²) < 4.78 is 11.2. The number of hydrogen-bond acceptors (Lipinski definition) is 5. The monoisotopic (exact) mass is 354 g/mol. The van der Waals surface area contributed by atoms with Crippen LogP contribution in [0.4, 0.5) is 10.5 Å². The summed E-state index contributed by atoms with van der Waals surface area (Å²) in [4.78, 5) is 20.5. The van der Waals surface area contributed by atoms with Gasteiger partial charge in [0.05, 0.1) is 0 Å². The van der Waals surface area contributed by atoms with Crippen LogP contribution in [0.3, 0.4) is 0 Å². The van der Waals surface area contributed by atoms with Gasteiger partial charge in [0.25, 0.3) is 0 Å². The van der Waals surface area contributed by atoms with E-state index in [-0.39, 0.29) is 6.03 Å². The first-order chi connectivity index (χ1) is 12.8. The molecule has 0 aliphatic carbocycles. The van der Waals surface area contributed by atoms with E-state index in [9.17, 15) is 4.79 Å². The van der Waals surface area contributed by atoms with Crippen LogP contribution in [0.25, 0.3) is 0 Å². The largest absolute Gasteiger partial charge is 0.486 e. The van der Waals surface area contributed by atoms with Gasteiger partial charge in [-0.3, -0.25) is 4.98 Å². The molecule has 7 nitrogen and oxygen atoms in total. The van der Waals surface area contributed by atoms with E-state index in [1.807, 2.05) is 35.2 Å². The molecule has 1 aromatic carbocycles. The van der Waals surface area contributed by atoms with Crippen molar-refractivity contribution in [2.45, 2.75) is 6.54 Å². The number of carbonyl (C=O) groups is 1. The average molecular weight is 354 g/mol. The van der Waals surface area contributed by atoms with Gasteiger partial charge >= 0.3 is 6.03 Å². The Balaban J connectivity index is 1.30. The SMILES string of the molecule is O=C(NCc1ccncc1)N1CCN(c2ccc3c(c2)OCCO3)CC1. The first-order valence-electron chi connectivity index (χ1n) is 8.86. The number of hydrogen-bond donors (Lipinski definition) is 1. The van der Waals surface area contributed by atoms with Gasteiger partial charge in [0.2, 0.25) is 0 Å². The fourth-order valence-corrected chi connectivity index (χ4v) is 3.19. The summed E-state index contributed by atoms with van der Waals surface area (Å²) in [6.07, 6.45) is 3.46. The molecule has 0 bridgehead atoms. The second-order valence-electron chi connectivity index (χ2n) is 6.32. The number of benzene rings is 1. The summed E-state index contributed by atoms with van der Waals surface area (Å²) in [6, 6.07) is 9.81. The van der Waals surface area contributed by atoms with Crippen LogP contribution in [0.5, 0.6) is 11.5 Å². The summed E-state index contributed by atoms with van der Waals surface area (Å²) in [7, 11) is 0. The van der Waals surface area contributed by atoms with Gasteiger partial charge in [0, 0.05) is 56.9 Å². The predicted molar refractivity (Wildman–Crippen MR) is 97.7 cm³/mol. The second kappa shape index (κ2) is 7.51. The molecule has 3 heterocycles. The number of amides is 2. The van der Waals surface area contributed by atoms with Crippen LogP contribution in [0.2, 0.25) is 0 Å². The molecule has 2 aromatic rings. The number of rotatable bonds is 3. The van der Waals surface area contributed by atoms with E-state index in [0.29, 0.717) is 32.8 Å². The minimum atomic E-state index is -0.0244. The Morgan fingerprint density at radius 3 is 2.50 bits per heavy atom. The Hall–Kier alpha value is -2.96. The third-order valence-corrected chi connectivity index (χ3v) is 4.65. The maximum Gasteiger partial charge on any atom is 0.317 e. The first kappa shape index (κ1) is 16.5. The van der Waals surface area contributed by atoms with Crippen molar-refractivity contribution in [2.24, 2.45) is 0 Å². The van der Waals surface area contributed by atoms with Crippen molar-refractivity contribution in [3.63, 3.8) is 0 Å². The molecular formula is C19H22N4O3. The van der Waals surface area contributed by atoms with Crippen LogP contribution < -0.4 is 19.7 Å². The molecule has 7 heteroatoms. The molecule has 1 aromatic heterocycles. The van der Waals surface area contributed by atoms with Crippen molar-refractivity contribution in [1.82, 2.24) is 15.2 Å². The van der Waals surface area contributed by atoms with Gasteiger partial charge < -0.3 is 24.6 Å². The topological polar surface area (TPSA) is 66.9 Å². The third-order valence-electron chi connectivity index (χ3n) is 4.65. The summed E-state index contributed by atoms with van der Waals surface area (Å²) in [5.74, 6) is 1.60. The van der Waals surface area contributed by atoms with E-state index < -0.39 is 0 Å². The third kappa shape index (κ3) is 3.66.